The number of nitrogens with two attached hydrogens (primary N) is 3. The van der Waals surface area contributed by atoms with Crippen molar-refractivity contribution in [2.75, 3.05) is 18.1 Å². The Kier molecular flexibility index (Phi) is 23.7. The zero-order chi connectivity index (χ0) is 57.1. The molecule has 0 saturated carbocycles. The number of thiol groups is 2. The molecule has 0 spiro atoms. The molecule has 0 radical (unpaired) electrons. The quantitative estimate of drug-likeness (QED) is 0.0235. The largest absolute Gasteiger partial charge is 0.508 e. The first kappa shape index (κ1) is 61.6. The van der Waals surface area contributed by atoms with E-state index in [1.165, 1.54) is 19.1 Å². The van der Waals surface area contributed by atoms with E-state index < -0.39 is 108 Å². The molecule has 0 aliphatic rings. The Hall–Kier alpha value is -7.24. The summed E-state index contributed by atoms with van der Waals surface area (Å²) in [7, 11) is 0. The highest BCUT2D eigenvalue weighted by Gasteiger charge is 2.35. The molecule has 8 amide bonds. The third-order valence-electron chi connectivity index (χ3n) is 13.0. The van der Waals surface area contributed by atoms with Crippen LogP contribution in [0.25, 0.3) is 21.5 Å². The molecule has 418 valence electrons. The molecular weight excluding hydrogens is 1040 g/mol. The third-order valence-corrected chi connectivity index (χ3v) is 13.8. The Bertz CT molecular complexity index is 2890. The topological polar surface area (TPSA) is 339 Å². The summed E-state index contributed by atoms with van der Waals surface area (Å²) < 4.78 is 0. The zero-order valence-corrected chi connectivity index (χ0v) is 45.6. The fourth-order valence-corrected chi connectivity index (χ4v) is 9.09. The molecule has 22 heteroatoms. The Balaban J connectivity index is 1.40. The fourth-order valence-electron chi connectivity index (χ4n) is 8.58. The number of hydrogen-bond donors (Lipinski definition) is 14. The first-order valence-electron chi connectivity index (χ1n) is 25.7. The van der Waals surface area contributed by atoms with E-state index in [-0.39, 0.29) is 49.5 Å². The van der Waals surface area contributed by atoms with Gasteiger partial charge in [-0.15, -0.1) is 0 Å². The van der Waals surface area contributed by atoms with Crippen molar-refractivity contribution in [3.8, 4) is 5.75 Å². The van der Waals surface area contributed by atoms with Gasteiger partial charge in [-0.05, 0) is 95.4 Å². The standard InChI is InChI=1S/C56H72N10O10S2/c1-31(2)47(56(76)64-46(30-78)55(75)66-48(32(3)67)49(59)69)65-51(71)42(14-8-9-23-57)60-52(72)44(28-35-16-20-37-11-5-7-13-39(37)25-35)61-53(73)43(27-33-17-21-40(68)22-18-33)62-54(74)45(29-77)63-50(70)41(58)26-34-15-19-36-10-4-6-12-38(36)24-34/h4-7,10-13,15-22,24-25,31-32,41-48,67-68,77-78H,8-9,14,23,26-30,57-58H2,1-3H3,(H2,59,69)(H,60,72)(H,61,73)(H,62,74)(H,63,70)(H,64,76)(H,65,71)(H,66,75)/t32-,41+,42+,43+,44+,45+,46+,47+,48+/m1/s1. The maximum absolute atomic E-state index is 14.8. The molecule has 5 aromatic rings. The van der Waals surface area contributed by atoms with E-state index in [4.69, 9.17) is 17.2 Å². The highest BCUT2D eigenvalue weighted by Crippen LogP contribution is 2.20. The second kappa shape index (κ2) is 30.1. The van der Waals surface area contributed by atoms with Gasteiger partial charge in [-0.2, -0.15) is 25.3 Å². The van der Waals surface area contributed by atoms with Gasteiger partial charge in [0, 0.05) is 24.3 Å². The number of primary amides is 1. The Labute approximate surface area is 464 Å². The van der Waals surface area contributed by atoms with Gasteiger partial charge in [-0.1, -0.05) is 111 Å². The smallest absolute Gasteiger partial charge is 0.244 e. The molecule has 5 rings (SSSR count). The molecule has 5 aromatic carbocycles. The SMILES string of the molecule is CC(C)[C@H](NC(=O)[C@H](CCCCN)NC(=O)[C@H](Cc1ccc2ccccc2c1)NC(=O)[C@H](Cc1ccc(O)cc1)NC(=O)[C@H](CS)NC(=O)[C@@H](N)Cc1ccc2ccccc2c1)C(=O)N[C@@H](CS)C(=O)N[C@H](C(N)=O)[C@@H](C)O. The van der Waals surface area contributed by atoms with Crippen molar-refractivity contribution in [2.24, 2.45) is 23.1 Å². The van der Waals surface area contributed by atoms with Gasteiger partial charge >= 0.3 is 0 Å². The molecule has 0 aliphatic heterocycles. The lowest BCUT2D eigenvalue weighted by Crippen LogP contribution is -2.62. The van der Waals surface area contributed by atoms with E-state index in [1.54, 1.807) is 32.0 Å². The predicted molar refractivity (Wildman–Crippen MR) is 305 cm³/mol. The second-order valence-corrected chi connectivity index (χ2v) is 20.3. The Morgan fingerprint density at radius 1 is 0.487 bits per heavy atom. The van der Waals surface area contributed by atoms with Gasteiger partial charge < -0.3 is 64.6 Å². The summed E-state index contributed by atoms with van der Waals surface area (Å²) in [4.78, 5) is 110. The summed E-state index contributed by atoms with van der Waals surface area (Å²) in [6.45, 7) is 4.82. The summed E-state index contributed by atoms with van der Waals surface area (Å²) >= 11 is 8.54. The number of phenols is 1. The number of fused-ring (bicyclic) bond motifs is 2. The molecule has 0 aromatic heterocycles. The first-order valence-corrected chi connectivity index (χ1v) is 27.0. The average Bonchev–Trinajstić information content (AvgIpc) is 3.44. The van der Waals surface area contributed by atoms with E-state index >= 15 is 0 Å². The molecule has 20 nitrogen and oxygen atoms in total. The minimum atomic E-state index is -1.46. The van der Waals surface area contributed by atoms with Gasteiger partial charge in [-0.25, -0.2) is 0 Å². The lowest BCUT2D eigenvalue weighted by atomic mass is 9.99. The van der Waals surface area contributed by atoms with E-state index in [2.05, 4.69) is 62.5 Å². The monoisotopic (exact) mass is 1110 g/mol. The maximum atomic E-state index is 14.8. The van der Waals surface area contributed by atoms with E-state index in [0.717, 1.165) is 27.1 Å². The van der Waals surface area contributed by atoms with Crippen LogP contribution in [0.1, 0.15) is 56.7 Å². The predicted octanol–water partition coefficient (Wildman–Crippen LogP) is 0.958. The number of hydrogen-bond acceptors (Lipinski definition) is 14. The van der Waals surface area contributed by atoms with Gasteiger partial charge in [0.1, 0.15) is 48.0 Å². The van der Waals surface area contributed by atoms with Gasteiger partial charge in [-0.3, -0.25) is 38.4 Å². The molecular formula is C56H72N10O10S2. The van der Waals surface area contributed by atoms with Gasteiger partial charge in [0.05, 0.1) is 12.1 Å². The van der Waals surface area contributed by atoms with Crippen LogP contribution in [0.2, 0.25) is 0 Å². The molecule has 78 heavy (non-hydrogen) atoms. The number of phenolic OH excluding ortho intramolecular Hbond substituents is 1. The lowest BCUT2D eigenvalue weighted by molar-refractivity contribution is -0.136. The van der Waals surface area contributed by atoms with Crippen LogP contribution >= 0.6 is 25.3 Å². The summed E-state index contributed by atoms with van der Waals surface area (Å²) in [5.41, 5.74) is 19.5. The Morgan fingerprint density at radius 2 is 0.897 bits per heavy atom. The van der Waals surface area contributed by atoms with Crippen LogP contribution in [-0.2, 0) is 57.6 Å². The Morgan fingerprint density at radius 3 is 1.38 bits per heavy atom. The maximum Gasteiger partial charge on any atom is 0.244 e. The molecule has 0 saturated heterocycles. The van der Waals surface area contributed by atoms with Crippen molar-refractivity contribution in [1.29, 1.82) is 0 Å². The van der Waals surface area contributed by atoms with Crippen LogP contribution in [0.4, 0.5) is 0 Å². The van der Waals surface area contributed by atoms with Crippen molar-refractivity contribution in [2.45, 2.75) is 114 Å². The summed E-state index contributed by atoms with van der Waals surface area (Å²) in [5, 5.41) is 42.3. The van der Waals surface area contributed by atoms with Gasteiger partial charge in [0.25, 0.3) is 0 Å². The van der Waals surface area contributed by atoms with Crippen LogP contribution in [0.3, 0.4) is 0 Å². The summed E-state index contributed by atoms with van der Waals surface area (Å²) in [6, 6.07) is 22.0. The minimum Gasteiger partial charge on any atom is -0.508 e. The molecule has 0 heterocycles. The molecule has 0 aliphatic carbocycles. The highest BCUT2D eigenvalue weighted by molar-refractivity contribution is 7.80. The van der Waals surface area contributed by atoms with Crippen molar-refractivity contribution >= 4 is 94.1 Å². The number of aromatic hydroxyl groups is 1. The molecule has 15 N–H and O–H groups in total. The number of aliphatic hydroxyl groups is 1. The second-order valence-electron chi connectivity index (χ2n) is 19.6. The molecule has 9 atom stereocenters. The number of aliphatic hydroxyl groups excluding tert-OH is 1. The summed E-state index contributed by atoms with van der Waals surface area (Å²) in [6.07, 6.45) is -0.542. The number of unbranched alkanes of at least 4 members (excludes halogenated alkanes) is 1. The van der Waals surface area contributed by atoms with Gasteiger partial charge in [0.15, 0.2) is 0 Å². The average molecular weight is 1110 g/mol. The fraction of sp³-hybridized carbons (Fsp3) is 0.393. The molecule has 0 fully saturated rings. The van der Waals surface area contributed by atoms with Crippen molar-refractivity contribution < 1.29 is 48.6 Å². The highest BCUT2D eigenvalue weighted by atomic mass is 32.1. The lowest BCUT2D eigenvalue weighted by Gasteiger charge is -2.29. The molecule has 0 bridgehead atoms. The number of rotatable bonds is 29. The van der Waals surface area contributed by atoms with E-state index in [9.17, 15) is 48.6 Å². The van der Waals surface area contributed by atoms with Crippen molar-refractivity contribution in [1.82, 2.24) is 37.2 Å². The van der Waals surface area contributed by atoms with E-state index in [0.29, 0.717) is 24.0 Å². The molecule has 0 unspecified atom stereocenters. The third kappa shape index (κ3) is 18.2. The van der Waals surface area contributed by atoms with Gasteiger partial charge in [0.2, 0.25) is 47.3 Å². The van der Waals surface area contributed by atoms with Crippen LogP contribution in [0, 0.1) is 5.92 Å². The van der Waals surface area contributed by atoms with E-state index in [1.807, 2.05) is 78.9 Å². The number of carbonyl (C=O) groups excluding carboxylic acids is 8. The van der Waals surface area contributed by atoms with Crippen LogP contribution in [-0.4, -0.2) is 130 Å². The normalized spacial score (nSPS) is 14.8. The number of benzene rings is 5. The zero-order valence-electron chi connectivity index (χ0n) is 43.8. The summed E-state index contributed by atoms with van der Waals surface area (Å²) in [5.74, 6) is -7.48. The number of carbonyl (C=O) groups is 8. The van der Waals surface area contributed by atoms with Crippen molar-refractivity contribution in [3.05, 3.63) is 126 Å². The van der Waals surface area contributed by atoms with Crippen LogP contribution < -0.4 is 54.4 Å². The van der Waals surface area contributed by atoms with Crippen LogP contribution in [0.15, 0.2) is 109 Å². The number of amides is 8. The van der Waals surface area contributed by atoms with Crippen LogP contribution in [0.5, 0.6) is 5.75 Å². The van der Waals surface area contributed by atoms with Crippen molar-refractivity contribution in [3.63, 3.8) is 0 Å². The first-order chi connectivity index (χ1) is 37.2. The number of nitrogens with one attached hydrogen (secondary N) is 7. The minimum absolute atomic E-state index is 0.0443.